The maximum atomic E-state index is 12.5. The summed E-state index contributed by atoms with van der Waals surface area (Å²) in [7, 11) is 1.93. The van der Waals surface area contributed by atoms with Gasteiger partial charge in [0.25, 0.3) is 0 Å². The van der Waals surface area contributed by atoms with Gasteiger partial charge in [0.05, 0.1) is 30.8 Å². The van der Waals surface area contributed by atoms with Crippen LogP contribution in [0.15, 0.2) is 47.3 Å². The lowest BCUT2D eigenvalue weighted by Gasteiger charge is -2.31. The van der Waals surface area contributed by atoms with Crippen molar-refractivity contribution in [3.05, 3.63) is 58.5 Å². The molecule has 0 unspecified atom stereocenters. The third kappa shape index (κ3) is 4.67. The third-order valence-electron chi connectivity index (χ3n) is 5.00. The molecule has 0 saturated carbocycles. The first-order valence-electron chi connectivity index (χ1n) is 9.69. The number of fused-ring (bicyclic) bond motifs is 1. The fraction of sp³-hybridized carbons (Fsp3) is 0.333. The van der Waals surface area contributed by atoms with Crippen molar-refractivity contribution in [2.24, 2.45) is 0 Å². The normalized spacial score (nSPS) is 14.5. The number of H-pyrrole nitrogens is 2. The molecule has 1 amide bonds. The number of likely N-dealkylation sites (N-methyl/N-ethyl adjacent to an activating group) is 1. The van der Waals surface area contributed by atoms with E-state index in [1.165, 1.54) is 11.3 Å². The Morgan fingerprint density at radius 2 is 1.90 bits per heavy atom. The smallest absolute Gasteiger partial charge is 0.323 e. The van der Waals surface area contributed by atoms with Crippen molar-refractivity contribution in [3.8, 4) is 0 Å². The summed E-state index contributed by atoms with van der Waals surface area (Å²) in [6.07, 6.45) is 0. The number of hydrogen-bond acceptors (Lipinski definition) is 5. The molecule has 8 nitrogen and oxygen atoms in total. The molecule has 3 N–H and O–H groups in total. The molecular weight excluding hydrogens is 370 g/mol. The van der Waals surface area contributed by atoms with Gasteiger partial charge in [0.2, 0.25) is 5.91 Å². The Morgan fingerprint density at radius 3 is 2.72 bits per heavy atom. The van der Waals surface area contributed by atoms with E-state index in [1.807, 2.05) is 24.1 Å². The van der Waals surface area contributed by atoms with E-state index in [9.17, 15) is 9.59 Å². The lowest BCUT2D eigenvalue weighted by Crippen LogP contribution is -2.37. The molecule has 3 aromatic rings. The Kier molecular flexibility index (Phi) is 5.64. The second kappa shape index (κ2) is 8.50. The lowest BCUT2D eigenvalue weighted by atomic mass is 10.1. The van der Waals surface area contributed by atoms with Crippen LogP contribution < -0.4 is 15.9 Å². The molecule has 1 aliphatic rings. The number of carbonyl (C=O) groups excluding carboxylic acids is 1. The molecule has 2 heterocycles. The maximum absolute atomic E-state index is 12.5. The van der Waals surface area contributed by atoms with Gasteiger partial charge in [0.15, 0.2) is 0 Å². The highest BCUT2D eigenvalue weighted by Crippen LogP contribution is 2.22. The van der Waals surface area contributed by atoms with E-state index in [0.717, 1.165) is 26.3 Å². The van der Waals surface area contributed by atoms with Crippen LogP contribution >= 0.6 is 0 Å². The second-order valence-electron chi connectivity index (χ2n) is 7.29. The van der Waals surface area contributed by atoms with Gasteiger partial charge in [-0.2, -0.15) is 0 Å². The van der Waals surface area contributed by atoms with Gasteiger partial charge in [0.1, 0.15) is 0 Å². The SMILES string of the molecule is CN(CC(=O)Nc1ccc2[nH]c(=O)[nH]c2c1)Cc1ccccc1N1CCOCC1. The first kappa shape index (κ1) is 19.2. The Morgan fingerprint density at radius 1 is 1.14 bits per heavy atom. The van der Waals surface area contributed by atoms with E-state index in [0.29, 0.717) is 23.3 Å². The second-order valence-corrected chi connectivity index (χ2v) is 7.29. The van der Waals surface area contributed by atoms with Gasteiger partial charge in [-0.3, -0.25) is 9.69 Å². The first-order chi connectivity index (χ1) is 14.1. The Labute approximate surface area is 168 Å². The average Bonchev–Trinajstić information content (AvgIpc) is 3.08. The lowest BCUT2D eigenvalue weighted by molar-refractivity contribution is -0.117. The molecule has 1 aliphatic heterocycles. The predicted octanol–water partition coefficient (Wildman–Crippen LogP) is 1.76. The zero-order chi connectivity index (χ0) is 20.2. The molecule has 29 heavy (non-hydrogen) atoms. The summed E-state index contributed by atoms with van der Waals surface area (Å²) in [5.74, 6) is -0.103. The van der Waals surface area contributed by atoms with Crippen LogP contribution in [-0.2, 0) is 16.1 Å². The van der Waals surface area contributed by atoms with E-state index >= 15 is 0 Å². The Hall–Kier alpha value is -3.10. The van der Waals surface area contributed by atoms with Crippen LogP contribution in [0.1, 0.15) is 5.56 Å². The van der Waals surface area contributed by atoms with Crippen LogP contribution in [0.25, 0.3) is 11.0 Å². The molecule has 0 radical (unpaired) electrons. The number of morpholine rings is 1. The highest BCUT2D eigenvalue weighted by Gasteiger charge is 2.16. The van der Waals surface area contributed by atoms with Gasteiger partial charge in [-0.1, -0.05) is 18.2 Å². The van der Waals surface area contributed by atoms with Crippen LogP contribution in [0.2, 0.25) is 0 Å². The van der Waals surface area contributed by atoms with Crippen molar-refractivity contribution in [2.75, 3.05) is 50.1 Å². The summed E-state index contributed by atoms with van der Waals surface area (Å²) < 4.78 is 5.45. The van der Waals surface area contributed by atoms with Gasteiger partial charge in [0, 0.05) is 31.0 Å². The number of amides is 1. The van der Waals surface area contributed by atoms with Crippen molar-refractivity contribution in [1.29, 1.82) is 0 Å². The molecule has 0 spiro atoms. The van der Waals surface area contributed by atoms with E-state index in [1.54, 1.807) is 18.2 Å². The predicted molar refractivity (Wildman–Crippen MR) is 113 cm³/mol. The zero-order valence-corrected chi connectivity index (χ0v) is 16.4. The van der Waals surface area contributed by atoms with Crippen LogP contribution in [0.5, 0.6) is 0 Å². The number of imidazole rings is 1. The van der Waals surface area contributed by atoms with E-state index in [-0.39, 0.29) is 18.1 Å². The summed E-state index contributed by atoms with van der Waals surface area (Å²) >= 11 is 0. The van der Waals surface area contributed by atoms with E-state index < -0.39 is 0 Å². The van der Waals surface area contributed by atoms with Crippen LogP contribution in [0.4, 0.5) is 11.4 Å². The maximum Gasteiger partial charge on any atom is 0.323 e. The highest BCUT2D eigenvalue weighted by molar-refractivity contribution is 5.94. The quantitative estimate of drug-likeness (QED) is 0.591. The molecule has 4 rings (SSSR count). The highest BCUT2D eigenvalue weighted by atomic mass is 16.5. The fourth-order valence-electron chi connectivity index (χ4n) is 3.66. The number of aromatic nitrogens is 2. The number of nitrogens with one attached hydrogen (secondary N) is 3. The molecule has 0 atom stereocenters. The van der Waals surface area contributed by atoms with Gasteiger partial charge < -0.3 is 24.9 Å². The average molecular weight is 395 g/mol. The molecule has 1 saturated heterocycles. The number of nitrogens with zero attached hydrogens (tertiary/aromatic N) is 2. The van der Waals surface area contributed by atoms with Crippen molar-refractivity contribution in [3.63, 3.8) is 0 Å². The number of para-hydroxylation sites is 1. The summed E-state index contributed by atoms with van der Waals surface area (Å²) in [6.45, 7) is 4.17. The van der Waals surface area contributed by atoms with Gasteiger partial charge >= 0.3 is 5.69 Å². The number of rotatable bonds is 6. The van der Waals surface area contributed by atoms with Crippen molar-refractivity contribution in [2.45, 2.75) is 6.54 Å². The molecule has 8 heteroatoms. The topological polar surface area (TPSA) is 93.5 Å². The standard InChI is InChI=1S/C21H25N5O3/c1-25(13-15-4-2-3-5-19(15)26-8-10-29-11-9-26)14-20(27)22-16-6-7-17-18(12-16)24-21(28)23-17/h2-7,12H,8-11,13-14H2,1H3,(H,22,27)(H2,23,24,28). The first-order valence-corrected chi connectivity index (χ1v) is 9.69. The minimum absolute atomic E-state index is 0.103. The molecule has 0 bridgehead atoms. The van der Waals surface area contributed by atoms with E-state index in [4.69, 9.17) is 4.74 Å². The van der Waals surface area contributed by atoms with Crippen molar-refractivity contribution in [1.82, 2.24) is 14.9 Å². The van der Waals surface area contributed by atoms with Crippen molar-refractivity contribution < 1.29 is 9.53 Å². The van der Waals surface area contributed by atoms with E-state index in [2.05, 4.69) is 32.3 Å². The van der Waals surface area contributed by atoms with Gasteiger partial charge in [-0.25, -0.2) is 4.79 Å². The molecule has 1 fully saturated rings. The fourth-order valence-corrected chi connectivity index (χ4v) is 3.66. The summed E-state index contributed by atoms with van der Waals surface area (Å²) in [5, 5.41) is 2.89. The monoisotopic (exact) mass is 395 g/mol. The minimum Gasteiger partial charge on any atom is -0.378 e. The van der Waals surface area contributed by atoms with Crippen LogP contribution in [-0.4, -0.2) is 60.7 Å². The zero-order valence-electron chi connectivity index (χ0n) is 16.4. The number of anilines is 2. The summed E-state index contributed by atoms with van der Waals surface area (Å²) in [4.78, 5) is 33.6. The third-order valence-corrected chi connectivity index (χ3v) is 5.00. The molecule has 2 aromatic carbocycles. The minimum atomic E-state index is -0.262. The molecular formula is C21H25N5O3. The number of aromatic amines is 2. The summed E-state index contributed by atoms with van der Waals surface area (Å²) in [5.41, 5.74) is 4.16. The molecule has 152 valence electrons. The summed E-state index contributed by atoms with van der Waals surface area (Å²) in [6, 6.07) is 13.6. The largest absolute Gasteiger partial charge is 0.378 e. The molecule has 1 aromatic heterocycles. The number of hydrogen-bond donors (Lipinski definition) is 3. The Balaban J connectivity index is 1.38. The number of ether oxygens (including phenoxy) is 1. The van der Waals surface area contributed by atoms with Crippen LogP contribution in [0, 0.1) is 0 Å². The van der Waals surface area contributed by atoms with Crippen LogP contribution in [0.3, 0.4) is 0 Å². The number of benzene rings is 2. The van der Waals surface area contributed by atoms with Gasteiger partial charge in [-0.05, 0) is 36.9 Å². The molecule has 0 aliphatic carbocycles. The Bertz CT molecular complexity index is 1050. The number of carbonyl (C=O) groups is 1. The van der Waals surface area contributed by atoms with Crippen molar-refractivity contribution >= 4 is 28.3 Å². The van der Waals surface area contributed by atoms with Gasteiger partial charge in [-0.15, -0.1) is 0 Å².